The summed E-state index contributed by atoms with van der Waals surface area (Å²) >= 11 is 0. The second-order valence-electron chi connectivity index (χ2n) is 4.36. The van der Waals surface area contributed by atoms with Crippen molar-refractivity contribution < 1.29 is 13.2 Å². The van der Waals surface area contributed by atoms with Crippen LogP contribution >= 0.6 is 0 Å². The maximum atomic E-state index is 11.7. The highest BCUT2D eigenvalue weighted by molar-refractivity contribution is 7.89. The summed E-state index contributed by atoms with van der Waals surface area (Å²) in [6, 6.07) is 7.92. The van der Waals surface area contributed by atoms with Crippen molar-refractivity contribution in [3.8, 4) is 0 Å². The number of H-pyrrole nitrogens is 1. The van der Waals surface area contributed by atoms with Crippen LogP contribution in [0, 0.1) is 0 Å². The Hall–Kier alpha value is -2.12. The number of rotatable bonds is 5. The Morgan fingerprint density at radius 3 is 2.40 bits per heavy atom. The van der Waals surface area contributed by atoms with Crippen LogP contribution in [0.3, 0.4) is 0 Å². The smallest absolute Gasteiger partial charge is 0.238 e. The average Bonchev–Trinajstić information content (AvgIpc) is 2.88. The van der Waals surface area contributed by atoms with Gasteiger partial charge in [-0.15, -0.1) is 0 Å². The summed E-state index contributed by atoms with van der Waals surface area (Å²) in [6.45, 7) is 0.341. The van der Waals surface area contributed by atoms with Gasteiger partial charge in [0.2, 0.25) is 15.9 Å². The van der Waals surface area contributed by atoms with Gasteiger partial charge in [-0.3, -0.25) is 4.79 Å². The quantitative estimate of drug-likeness (QED) is 0.748. The largest absolute Gasteiger partial charge is 0.367 e. The van der Waals surface area contributed by atoms with Gasteiger partial charge in [0.05, 0.1) is 11.3 Å². The van der Waals surface area contributed by atoms with Crippen LogP contribution in [0.1, 0.15) is 11.1 Å². The van der Waals surface area contributed by atoms with Crippen molar-refractivity contribution in [2.45, 2.75) is 17.9 Å². The third-order valence-corrected chi connectivity index (χ3v) is 3.70. The van der Waals surface area contributed by atoms with E-state index in [0.29, 0.717) is 13.0 Å². The summed E-state index contributed by atoms with van der Waals surface area (Å²) in [6.07, 6.45) is 3.83. The van der Waals surface area contributed by atoms with Crippen LogP contribution in [-0.4, -0.2) is 19.3 Å². The topological polar surface area (TPSA) is 105 Å². The highest BCUT2D eigenvalue weighted by atomic mass is 32.2. The molecule has 106 valence electrons. The molecule has 0 atom stereocenters. The lowest BCUT2D eigenvalue weighted by atomic mass is 10.2. The number of amides is 1. The summed E-state index contributed by atoms with van der Waals surface area (Å²) in [5.74, 6) is -0.0971. The van der Waals surface area contributed by atoms with E-state index in [1.54, 1.807) is 24.5 Å². The minimum Gasteiger partial charge on any atom is -0.367 e. The molecule has 2 aromatic rings. The highest BCUT2D eigenvalue weighted by Gasteiger charge is 2.07. The number of carbonyl (C=O) groups is 1. The maximum absolute atomic E-state index is 11.7. The highest BCUT2D eigenvalue weighted by Crippen LogP contribution is 2.08. The van der Waals surface area contributed by atoms with Gasteiger partial charge in [-0.1, -0.05) is 12.1 Å². The van der Waals surface area contributed by atoms with E-state index in [2.05, 4.69) is 10.3 Å². The predicted molar refractivity (Wildman–Crippen MR) is 74.2 cm³/mol. The number of primary sulfonamides is 1. The number of hydrogen-bond donors (Lipinski definition) is 3. The molecule has 0 spiro atoms. The van der Waals surface area contributed by atoms with Crippen molar-refractivity contribution >= 4 is 15.9 Å². The Balaban J connectivity index is 1.89. The van der Waals surface area contributed by atoms with E-state index in [-0.39, 0.29) is 10.8 Å². The lowest BCUT2D eigenvalue weighted by Gasteiger charge is -2.05. The van der Waals surface area contributed by atoms with E-state index in [1.165, 1.54) is 12.1 Å². The molecular formula is C13H15N3O3S. The molecule has 0 saturated carbocycles. The number of nitrogens with two attached hydrogens (primary N) is 1. The van der Waals surface area contributed by atoms with E-state index in [1.807, 2.05) is 6.07 Å². The molecule has 1 aromatic carbocycles. The number of hydrogen-bond acceptors (Lipinski definition) is 3. The van der Waals surface area contributed by atoms with Crippen LogP contribution in [-0.2, 0) is 27.8 Å². The van der Waals surface area contributed by atoms with E-state index in [0.717, 1.165) is 11.1 Å². The lowest BCUT2D eigenvalue weighted by molar-refractivity contribution is -0.120. The Morgan fingerprint density at radius 1 is 1.15 bits per heavy atom. The van der Waals surface area contributed by atoms with Crippen molar-refractivity contribution in [2.24, 2.45) is 5.14 Å². The van der Waals surface area contributed by atoms with E-state index in [4.69, 9.17) is 5.14 Å². The third kappa shape index (κ3) is 3.94. The molecule has 20 heavy (non-hydrogen) atoms. The fourth-order valence-electron chi connectivity index (χ4n) is 1.71. The van der Waals surface area contributed by atoms with Crippen LogP contribution in [0.4, 0.5) is 0 Å². The molecule has 4 N–H and O–H groups in total. The predicted octanol–water partition coefficient (Wildman–Crippen LogP) is 0.521. The molecule has 1 amide bonds. The van der Waals surface area contributed by atoms with E-state index in [9.17, 15) is 13.2 Å². The molecule has 0 saturated heterocycles. The molecule has 2 rings (SSSR count). The fraction of sp³-hybridized carbons (Fsp3) is 0.154. The number of benzene rings is 1. The van der Waals surface area contributed by atoms with Crippen molar-refractivity contribution in [3.05, 3.63) is 53.9 Å². The Labute approximate surface area is 117 Å². The van der Waals surface area contributed by atoms with Gasteiger partial charge in [-0.2, -0.15) is 0 Å². The summed E-state index contributed by atoms with van der Waals surface area (Å²) in [5.41, 5.74) is 1.71. The summed E-state index contributed by atoms with van der Waals surface area (Å²) < 4.78 is 22.2. The molecule has 0 aliphatic rings. The normalized spacial score (nSPS) is 11.2. The Kier molecular flexibility index (Phi) is 4.21. The van der Waals surface area contributed by atoms with Crippen LogP contribution in [0.5, 0.6) is 0 Å². The molecule has 0 bridgehead atoms. The first-order chi connectivity index (χ1) is 9.45. The van der Waals surface area contributed by atoms with Crippen molar-refractivity contribution in [3.63, 3.8) is 0 Å². The van der Waals surface area contributed by atoms with Gasteiger partial charge in [0, 0.05) is 18.9 Å². The number of aromatic amines is 1. The average molecular weight is 293 g/mol. The van der Waals surface area contributed by atoms with Gasteiger partial charge in [-0.25, -0.2) is 13.6 Å². The number of nitrogens with one attached hydrogen (secondary N) is 2. The van der Waals surface area contributed by atoms with Crippen molar-refractivity contribution in [1.29, 1.82) is 0 Å². The van der Waals surface area contributed by atoms with Gasteiger partial charge in [-0.05, 0) is 29.3 Å². The molecule has 0 fully saturated rings. The van der Waals surface area contributed by atoms with Crippen molar-refractivity contribution in [2.75, 3.05) is 0 Å². The first kappa shape index (κ1) is 14.3. The number of aromatic nitrogens is 1. The zero-order valence-electron chi connectivity index (χ0n) is 10.7. The molecule has 0 aliphatic heterocycles. The number of sulfonamides is 1. The van der Waals surface area contributed by atoms with Crippen LogP contribution in [0.15, 0.2) is 47.6 Å². The minimum absolute atomic E-state index is 0.0555. The summed E-state index contributed by atoms with van der Waals surface area (Å²) in [4.78, 5) is 14.6. The SMILES string of the molecule is NS(=O)(=O)c1ccc(CNC(=O)Cc2cc[nH]c2)cc1. The second-order valence-corrected chi connectivity index (χ2v) is 5.92. The Bertz CT molecular complexity index is 676. The monoisotopic (exact) mass is 293 g/mol. The molecule has 1 heterocycles. The maximum Gasteiger partial charge on any atom is 0.238 e. The first-order valence-electron chi connectivity index (χ1n) is 5.95. The van der Waals surface area contributed by atoms with Gasteiger partial charge in [0.15, 0.2) is 0 Å². The Morgan fingerprint density at radius 2 is 1.85 bits per heavy atom. The molecule has 0 unspecified atom stereocenters. The van der Waals surface area contributed by atoms with Gasteiger partial charge in [0.1, 0.15) is 0 Å². The molecule has 7 heteroatoms. The van der Waals surface area contributed by atoms with E-state index < -0.39 is 10.0 Å². The van der Waals surface area contributed by atoms with Crippen molar-refractivity contribution in [1.82, 2.24) is 10.3 Å². The summed E-state index contributed by atoms with van der Waals surface area (Å²) in [7, 11) is -3.68. The van der Waals surface area contributed by atoms with Gasteiger partial charge in [0.25, 0.3) is 0 Å². The third-order valence-electron chi connectivity index (χ3n) is 2.77. The minimum atomic E-state index is -3.68. The van der Waals surface area contributed by atoms with Crippen LogP contribution in [0.2, 0.25) is 0 Å². The zero-order chi connectivity index (χ0) is 14.6. The van der Waals surface area contributed by atoms with Gasteiger partial charge < -0.3 is 10.3 Å². The molecule has 0 radical (unpaired) electrons. The molecule has 1 aromatic heterocycles. The molecule has 6 nitrogen and oxygen atoms in total. The summed E-state index contributed by atoms with van der Waals surface area (Å²) in [5, 5.41) is 7.77. The standard InChI is InChI=1S/C13H15N3O3S/c14-20(18,19)12-3-1-10(2-4-12)9-16-13(17)7-11-5-6-15-8-11/h1-6,8,15H,7,9H2,(H,16,17)(H2,14,18,19). The molecular weight excluding hydrogens is 278 g/mol. The molecule has 0 aliphatic carbocycles. The lowest BCUT2D eigenvalue weighted by Crippen LogP contribution is -2.24. The zero-order valence-corrected chi connectivity index (χ0v) is 11.5. The fourth-order valence-corrected chi connectivity index (χ4v) is 2.23. The second kappa shape index (κ2) is 5.89. The van der Waals surface area contributed by atoms with Crippen LogP contribution in [0.25, 0.3) is 0 Å². The first-order valence-corrected chi connectivity index (χ1v) is 7.50. The van der Waals surface area contributed by atoms with Gasteiger partial charge >= 0.3 is 0 Å². The van der Waals surface area contributed by atoms with E-state index >= 15 is 0 Å². The number of carbonyl (C=O) groups excluding carboxylic acids is 1. The van der Waals surface area contributed by atoms with Crippen LogP contribution < -0.4 is 10.5 Å².